The molecular formula is C17H15F2N3O4. The molecule has 3 rings (SSSR count). The number of carbonyl (C=O) groups is 1. The van der Waals surface area contributed by atoms with E-state index in [1.54, 1.807) is 6.07 Å². The zero-order valence-corrected chi connectivity index (χ0v) is 13.4. The molecular weight excluding hydrogens is 348 g/mol. The van der Waals surface area contributed by atoms with Gasteiger partial charge in [-0.25, -0.2) is 0 Å². The summed E-state index contributed by atoms with van der Waals surface area (Å²) in [6.45, 7) is -3.04. The number of nitrogens with one attached hydrogen (secondary N) is 2. The zero-order chi connectivity index (χ0) is 18.7. The molecule has 0 aromatic heterocycles. The van der Waals surface area contributed by atoms with Crippen molar-refractivity contribution >= 4 is 23.0 Å². The summed E-state index contributed by atoms with van der Waals surface area (Å²) < 4.78 is 29.2. The Labute approximate surface area is 147 Å². The van der Waals surface area contributed by atoms with Gasteiger partial charge in [-0.15, -0.1) is 0 Å². The van der Waals surface area contributed by atoms with E-state index in [-0.39, 0.29) is 28.7 Å². The van der Waals surface area contributed by atoms with Crippen molar-refractivity contribution in [1.82, 2.24) is 0 Å². The van der Waals surface area contributed by atoms with Crippen molar-refractivity contribution in [1.29, 1.82) is 0 Å². The molecule has 26 heavy (non-hydrogen) atoms. The molecule has 1 aliphatic rings. The van der Waals surface area contributed by atoms with Gasteiger partial charge in [0.15, 0.2) is 0 Å². The van der Waals surface area contributed by atoms with Gasteiger partial charge in [0.2, 0.25) is 0 Å². The largest absolute Gasteiger partial charge is 0.433 e. The van der Waals surface area contributed by atoms with Gasteiger partial charge in [0.05, 0.1) is 10.6 Å². The van der Waals surface area contributed by atoms with Gasteiger partial charge >= 0.3 is 6.61 Å². The van der Waals surface area contributed by atoms with Crippen LogP contribution in [0.1, 0.15) is 23.2 Å². The molecule has 0 atom stereocenters. The molecule has 0 aliphatic heterocycles. The number of rotatable bonds is 7. The zero-order valence-electron chi connectivity index (χ0n) is 13.4. The third-order valence-corrected chi connectivity index (χ3v) is 3.74. The minimum atomic E-state index is -3.04. The number of anilines is 2. The molecule has 0 saturated heterocycles. The van der Waals surface area contributed by atoms with Crippen LogP contribution in [-0.2, 0) is 0 Å². The number of nitro benzene ring substituents is 1. The van der Waals surface area contributed by atoms with E-state index in [0.29, 0.717) is 5.69 Å². The fourth-order valence-electron chi connectivity index (χ4n) is 2.36. The number of amides is 1. The summed E-state index contributed by atoms with van der Waals surface area (Å²) in [5.41, 5.74) is 0.197. The third-order valence-electron chi connectivity index (χ3n) is 3.74. The molecule has 0 spiro atoms. The number of para-hydroxylation sites is 2. The average molecular weight is 363 g/mol. The molecule has 7 nitrogen and oxygen atoms in total. The van der Waals surface area contributed by atoms with E-state index in [9.17, 15) is 23.7 Å². The van der Waals surface area contributed by atoms with Crippen LogP contribution in [0.3, 0.4) is 0 Å². The molecule has 0 radical (unpaired) electrons. The van der Waals surface area contributed by atoms with E-state index in [0.717, 1.165) is 18.9 Å². The number of hydrogen-bond acceptors (Lipinski definition) is 5. The lowest BCUT2D eigenvalue weighted by Gasteiger charge is -2.12. The molecule has 1 fully saturated rings. The quantitative estimate of drug-likeness (QED) is 0.572. The predicted octanol–water partition coefficient (Wildman–Crippen LogP) is 4.02. The van der Waals surface area contributed by atoms with Crippen molar-refractivity contribution in [2.75, 3.05) is 10.6 Å². The first kappa shape index (κ1) is 17.6. The molecule has 0 heterocycles. The lowest BCUT2D eigenvalue weighted by atomic mass is 10.1. The van der Waals surface area contributed by atoms with Crippen LogP contribution in [0.2, 0.25) is 0 Å². The Morgan fingerprint density at radius 3 is 2.58 bits per heavy atom. The monoisotopic (exact) mass is 363 g/mol. The Kier molecular flexibility index (Phi) is 4.97. The lowest BCUT2D eigenvalue weighted by Crippen LogP contribution is -2.14. The van der Waals surface area contributed by atoms with Gasteiger partial charge in [0.1, 0.15) is 11.4 Å². The fourth-order valence-corrected chi connectivity index (χ4v) is 2.36. The number of carbonyl (C=O) groups excluding carboxylic acids is 1. The first-order valence-electron chi connectivity index (χ1n) is 7.84. The van der Waals surface area contributed by atoms with Crippen LogP contribution in [0.25, 0.3) is 0 Å². The van der Waals surface area contributed by atoms with Crippen LogP contribution in [0.4, 0.5) is 25.8 Å². The lowest BCUT2D eigenvalue weighted by molar-refractivity contribution is -0.384. The molecule has 0 unspecified atom stereocenters. The van der Waals surface area contributed by atoms with Gasteiger partial charge in [-0.05, 0) is 37.1 Å². The number of alkyl halides is 2. The summed E-state index contributed by atoms with van der Waals surface area (Å²) in [5.74, 6) is -0.867. The number of nitro groups is 1. The Balaban J connectivity index is 1.82. The molecule has 9 heteroatoms. The van der Waals surface area contributed by atoms with Crippen LogP contribution < -0.4 is 15.4 Å². The summed E-state index contributed by atoms with van der Waals surface area (Å²) in [6.07, 6.45) is 1.89. The molecule has 2 aromatic carbocycles. The summed E-state index contributed by atoms with van der Waals surface area (Å²) >= 11 is 0. The Morgan fingerprint density at radius 2 is 1.92 bits per heavy atom. The standard InChI is InChI=1S/C17H15F2N3O4/c18-17(19)26-15-4-2-1-3-13(15)21-16(23)10-5-8-12(20-11-6-7-11)14(9-10)22(24)25/h1-5,8-9,11,17,20H,6-7H2,(H,21,23). The molecule has 0 bridgehead atoms. The first-order chi connectivity index (χ1) is 12.4. The molecule has 1 saturated carbocycles. The van der Waals surface area contributed by atoms with Crippen LogP contribution in [-0.4, -0.2) is 23.5 Å². The van der Waals surface area contributed by atoms with Crippen molar-refractivity contribution in [3.05, 3.63) is 58.1 Å². The summed E-state index contributed by atoms with van der Waals surface area (Å²) in [6, 6.07) is 9.97. The maximum atomic E-state index is 12.4. The second-order valence-corrected chi connectivity index (χ2v) is 5.74. The molecule has 1 aliphatic carbocycles. The number of halogens is 2. The van der Waals surface area contributed by atoms with Crippen molar-refractivity contribution in [2.45, 2.75) is 25.5 Å². The number of ether oxygens (including phenoxy) is 1. The molecule has 2 N–H and O–H groups in total. The van der Waals surface area contributed by atoms with Crippen molar-refractivity contribution in [3.8, 4) is 5.75 Å². The van der Waals surface area contributed by atoms with E-state index in [1.165, 1.54) is 30.3 Å². The maximum absolute atomic E-state index is 12.4. The van der Waals surface area contributed by atoms with Crippen LogP contribution >= 0.6 is 0 Å². The second kappa shape index (κ2) is 7.34. The van der Waals surface area contributed by atoms with Crippen LogP contribution in [0, 0.1) is 10.1 Å². The van der Waals surface area contributed by atoms with Crippen molar-refractivity contribution in [3.63, 3.8) is 0 Å². The predicted molar refractivity (Wildman–Crippen MR) is 90.8 cm³/mol. The minimum absolute atomic E-state index is 0.0323. The highest BCUT2D eigenvalue weighted by Gasteiger charge is 2.25. The van der Waals surface area contributed by atoms with Gasteiger partial charge < -0.3 is 15.4 Å². The van der Waals surface area contributed by atoms with Gasteiger partial charge in [-0.3, -0.25) is 14.9 Å². The molecule has 1 amide bonds. The summed E-state index contributed by atoms with van der Waals surface area (Å²) in [4.78, 5) is 23.1. The van der Waals surface area contributed by atoms with Crippen LogP contribution in [0.15, 0.2) is 42.5 Å². The van der Waals surface area contributed by atoms with Gasteiger partial charge in [-0.1, -0.05) is 12.1 Å². The molecule has 2 aromatic rings. The SMILES string of the molecule is O=C(Nc1ccccc1OC(F)F)c1ccc(NC2CC2)c([N+](=O)[O-])c1. The van der Waals surface area contributed by atoms with E-state index in [4.69, 9.17) is 0 Å². The maximum Gasteiger partial charge on any atom is 0.387 e. The fraction of sp³-hybridized carbons (Fsp3) is 0.235. The Bertz CT molecular complexity index is 841. The summed E-state index contributed by atoms with van der Waals surface area (Å²) in [7, 11) is 0. The van der Waals surface area contributed by atoms with E-state index in [2.05, 4.69) is 15.4 Å². The number of nitrogens with zero attached hydrogens (tertiary/aromatic N) is 1. The van der Waals surface area contributed by atoms with Gasteiger partial charge in [0, 0.05) is 17.7 Å². The van der Waals surface area contributed by atoms with Crippen LogP contribution in [0.5, 0.6) is 5.75 Å². The van der Waals surface area contributed by atoms with E-state index >= 15 is 0 Å². The summed E-state index contributed by atoms with van der Waals surface area (Å²) in [5, 5.41) is 16.7. The highest BCUT2D eigenvalue weighted by Crippen LogP contribution is 2.32. The highest BCUT2D eigenvalue weighted by molar-refractivity contribution is 6.05. The normalized spacial score (nSPS) is 13.3. The molecule has 136 valence electrons. The smallest absolute Gasteiger partial charge is 0.387 e. The topological polar surface area (TPSA) is 93.5 Å². The second-order valence-electron chi connectivity index (χ2n) is 5.74. The third kappa shape index (κ3) is 4.24. The number of benzene rings is 2. The Morgan fingerprint density at radius 1 is 1.19 bits per heavy atom. The van der Waals surface area contributed by atoms with E-state index < -0.39 is 17.4 Å². The Hall–Kier alpha value is -3.23. The van der Waals surface area contributed by atoms with Crippen molar-refractivity contribution < 1.29 is 23.2 Å². The highest BCUT2D eigenvalue weighted by atomic mass is 19.3. The minimum Gasteiger partial charge on any atom is -0.433 e. The van der Waals surface area contributed by atoms with Crippen molar-refractivity contribution in [2.24, 2.45) is 0 Å². The van der Waals surface area contributed by atoms with E-state index in [1.807, 2.05) is 0 Å². The average Bonchev–Trinajstić information content (AvgIpc) is 3.40. The van der Waals surface area contributed by atoms with Gasteiger partial charge in [-0.2, -0.15) is 8.78 Å². The number of hydrogen-bond donors (Lipinski definition) is 2. The first-order valence-corrected chi connectivity index (χ1v) is 7.84. The van der Waals surface area contributed by atoms with Gasteiger partial charge in [0.25, 0.3) is 11.6 Å².